The molecule has 0 bridgehead atoms. The molecule has 0 amide bonds. The number of benzene rings is 1. The summed E-state index contributed by atoms with van der Waals surface area (Å²) < 4.78 is 11.5. The highest BCUT2D eigenvalue weighted by molar-refractivity contribution is 7.99. The van der Waals surface area contributed by atoms with E-state index in [0.29, 0.717) is 30.6 Å². The summed E-state index contributed by atoms with van der Waals surface area (Å²) in [6, 6.07) is 10.1. The summed E-state index contributed by atoms with van der Waals surface area (Å²) >= 11 is 1.97. The van der Waals surface area contributed by atoms with Crippen molar-refractivity contribution in [3.8, 4) is 5.75 Å². The van der Waals surface area contributed by atoms with Crippen molar-refractivity contribution in [3.63, 3.8) is 0 Å². The normalized spacial score (nSPS) is 22.6. The molecule has 1 aliphatic heterocycles. The average molecular weight is 386 g/mol. The van der Waals surface area contributed by atoms with Crippen LogP contribution < -0.4 is 10.2 Å². The first-order chi connectivity index (χ1) is 13.2. The number of thioether (sulfide) groups is 1. The largest absolute Gasteiger partial charge is 0.486 e. The van der Waals surface area contributed by atoms with Gasteiger partial charge in [-0.15, -0.1) is 0 Å². The van der Waals surface area contributed by atoms with Crippen LogP contribution in [0.5, 0.6) is 5.75 Å². The van der Waals surface area contributed by atoms with Crippen molar-refractivity contribution in [2.45, 2.75) is 50.6 Å². The molecule has 1 fully saturated rings. The highest BCUT2D eigenvalue weighted by atomic mass is 32.2. The van der Waals surface area contributed by atoms with Gasteiger partial charge in [0, 0.05) is 24.4 Å². The molecule has 1 aromatic carbocycles. The lowest BCUT2D eigenvalue weighted by atomic mass is 9.89. The van der Waals surface area contributed by atoms with Crippen molar-refractivity contribution in [1.29, 1.82) is 0 Å². The molecule has 144 valence electrons. The van der Waals surface area contributed by atoms with E-state index in [4.69, 9.17) is 9.15 Å². The number of hydrogen-bond acceptors (Lipinski definition) is 5. The molecule has 0 spiro atoms. The maximum atomic E-state index is 12.4. The summed E-state index contributed by atoms with van der Waals surface area (Å²) in [7, 11) is 0. The van der Waals surface area contributed by atoms with Crippen molar-refractivity contribution in [2.24, 2.45) is 5.92 Å². The van der Waals surface area contributed by atoms with E-state index in [1.165, 1.54) is 43.1 Å². The molecule has 0 unspecified atom stereocenters. The van der Waals surface area contributed by atoms with Gasteiger partial charge in [-0.1, -0.05) is 24.3 Å². The smallest absolute Gasteiger partial charge is 0.227 e. The lowest BCUT2D eigenvalue weighted by Gasteiger charge is -2.27. The van der Waals surface area contributed by atoms with Crippen LogP contribution in [0.15, 0.2) is 45.8 Å². The molecule has 1 aliphatic carbocycles. The van der Waals surface area contributed by atoms with Crippen molar-refractivity contribution in [2.75, 3.05) is 12.9 Å². The van der Waals surface area contributed by atoms with E-state index < -0.39 is 0 Å². The molecule has 4 rings (SSSR count). The fourth-order valence-electron chi connectivity index (χ4n) is 4.10. The molecule has 0 N–H and O–H groups in total. The van der Waals surface area contributed by atoms with E-state index >= 15 is 0 Å². The summed E-state index contributed by atoms with van der Waals surface area (Å²) in [5, 5.41) is 0.794. The Hall–Kier alpha value is -1.72. The van der Waals surface area contributed by atoms with Crippen LogP contribution in [0.3, 0.4) is 0 Å². The molecule has 1 aromatic heterocycles. The van der Waals surface area contributed by atoms with E-state index in [-0.39, 0.29) is 5.43 Å². The molecular weight excluding hydrogens is 358 g/mol. The van der Waals surface area contributed by atoms with Gasteiger partial charge in [0.15, 0.2) is 0 Å². The second-order valence-electron chi connectivity index (χ2n) is 7.68. The molecule has 27 heavy (non-hydrogen) atoms. The number of rotatable bonds is 6. The quantitative estimate of drug-likeness (QED) is 0.735. The minimum atomic E-state index is -0.0780. The van der Waals surface area contributed by atoms with Crippen molar-refractivity contribution in [1.82, 2.24) is 4.90 Å². The van der Waals surface area contributed by atoms with Crippen molar-refractivity contribution < 1.29 is 9.15 Å². The number of fused-ring (bicyclic) bond motifs is 1. The molecule has 5 heteroatoms. The van der Waals surface area contributed by atoms with E-state index in [1.54, 1.807) is 6.07 Å². The summed E-state index contributed by atoms with van der Waals surface area (Å²) in [5.41, 5.74) is 2.64. The highest BCUT2D eigenvalue weighted by Gasteiger charge is 2.22. The minimum Gasteiger partial charge on any atom is -0.486 e. The fourth-order valence-corrected chi connectivity index (χ4v) is 4.85. The van der Waals surface area contributed by atoms with Gasteiger partial charge >= 0.3 is 0 Å². The van der Waals surface area contributed by atoms with Crippen LogP contribution in [0.1, 0.15) is 42.6 Å². The first-order valence-electron chi connectivity index (χ1n) is 9.77. The zero-order valence-corrected chi connectivity index (χ0v) is 16.7. The van der Waals surface area contributed by atoms with Gasteiger partial charge in [-0.2, -0.15) is 11.8 Å². The molecule has 4 nitrogen and oxygen atoms in total. The Bertz CT molecular complexity index is 801. The van der Waals surface area contributed by atoms with E-state index in [9.17, 15) is 4.79 Å². The van der Waals surface area contributed by atoms with Crippen LogP contribution in [0.2, 0.25) is 0 Å². The molecule has 2 aromatic rings. The van der Waals surface area contributed by atoms with Crippen molar-refractivity contribution in [3.05, 3.63) is 63.7 Å². The summed E-state index contributed by atoms with van der Waals surface area (Å²) in [4.78, 5) is 14.7. The first kappa shape index (κ1) is 18.6. The maximum absolute atomic E-state index is 12.4. The Morgan fingerprint density at radius 3 is 2.48 bits per heavy atom. The van der Waals surface area contributed by atoms with Gasteiger partial charge in [0.1, 0.15) is 12.0 Å². The number of hydrogen-bond donors (Lipinski definition) is 0. The Morgan fingerprint density at radius 2 is 1.85 bits per heavy atom. The second-order valence-corrected chi connectivity index (χ2v) is 8.82. The predicted octanol–water partition coefficient (Wildman–Crippen LogP) is 4.46. The van der Waals surface area contributed by atoms with Gasteiger partial charge in [0.25, 0.3) is 0 Å². The van der Waals surface area contributed by atoms with Crippen LogP contribution in [0, 0.1) is 5.92 Å². The third-order valence-electron chi connectivity index (χ3n) is 5.74. The van der Waals surface area contributed by atoms with Crippen LogP contribution in [-0.2, 0) is 19.6 Å². The maximum Gasteiger partial charge on any atom is 0.227 e. The molecule has 0 atom stereocenters. The topological polar surface area (TPSA) is 42.7 Å². The monoisotopic (exact) mass is 385 g/mol. The molecule has 1 saturated carbocycles. The molecule has 0 radical (unpaired) electrons. The fraction of sp³-hybridized carbons (Fsp3) is 0.500. The molecule has 0 saturated heterocycles. The summed E-state index contributed by atoms with van der Waals surface area (Å²) in [5.74, 6) is 1.59. The molecule has 2 heterocycles. The Labute approximate surface area is 164 Å². The van der Waals surface area contributed by atoms with E-state index in [1.807, 2.05) is 11.8 Å². The standard InChI is InChI=1S/C22H27NO3S/c1-27-20-8-6-16(7-9-20)14-26-22-15-25-19(10-21(22)24)13-23-11-17-4-2-3-5-18(17)12-23/h2-5,10,15-16,20H,6-9,11-14H2,1H3. The Balaban J connectivity index is 1.30. The zero-order valence-electron chi connectivity index (χ0n) is 15.9. The highest BCUT2D eigenvalue weighted by Crippen LogP contribution is 2.31. The van der Waals surface area contributed by atoms with Crippen LogP contribution in [-0.4, -0.2) is 23.0 Å². The SMILES string of the molecule is CSC1CCC(COc2coc(CN3Cc4ccccc4C3)cc2=O)CC1. The minimum absolute atomic E-state index is 0.0780. The molecule has 2 aliphatic rings. The van der Waals surface area contributed by atoms with Gasteiger partial charge in [0.05, 0.1) is 13.2 Å². The number of nitrogens with zero attached hydrogens (tertiary/aromatic N) is 1. The van der Waals surface area contributed by atoms with Gasteiger partial charge < -0.3 is 9.15 Å². The van der Waals surface area contributed by atoms with Crippen LogP contribution in [0.25, 0.3) is 0 Å². The zero-order chi connectivity index (χ0) is 18.6. The summed E-state index contributed by atoms with van der Waals surface area (Å²) in [6.45, 7) is 3.06. The summed E-state index contributed by atoms with van der Waals surface area (Å²) in [6.07, 6.45) is 8.56. The average Bonchev–Trinajstić information content (AvgIpc) is 3.10. The third kappa shape index (κ3) is 4.58. The third-order valence-corrected chi connectivity index (χ3v) is 6.88. The van der Waals surface area contributed by atoms with E-state index in [0.717, 1.165) is 18.3 Å². The predicted molar refractivity (Wildman–Crippen MR) is 109 cm³/mol. The Morgan fingerprint density at radius 1 is 1.15 bits per heavy atom. The van der Waals surface area contributed by atoms with Crippen LogP contribution >= 0.6 is 11.8 Å². The number of ether oxygens (including phenoxy) is 1. The van der Waals surface area contributed by atoms with Crippen molar-refractivity contribution >= 4 is 11.8 Å². The molecular formula is C22H27NO3S. The second kappa shape index (κ2) is 8.53. The lowest BCUT2D eigenvalue weighted by Crippen LogP contribution is -2.22. The lowest BCUT2D eigenvalue weighted by molar-refractivity contribution is 0.201. The first-order valence-corrected chi connectivity index (χ1v) is 11.1. The van der Waals surface area contributed by atoms with E-state index in [2.05, 4.69) is 35.4 Å². The van der Waals surface area contributed by atoms with Gasteiger partial charge in [0.2, 0.25) is 11.2 Å². The van der Waals surface area contributed by atoms with Crippen LogP contribution in [0.4, 0.5) is 0 Å². The van der Waals surface area contributed by atoms with Gasteiger partial charge in [-0.05, 0) is 49.0 Å². The Kier molecular flexibility index (Phi) is 5.89. The van der Waals surface area contributed by atoms with Gasteiger partial charge in [-0.3, -0.25) is 9.69 Å². The van der Waals surface area contributed by atoms with Gasteiger partial charge in [-0.25, -0.2) is 0 Å².